The van der Waals surface area contributed by atoms with Crippen molar-refractivity contribution in [3.8, 4) is 34.3 Å². The zero-order chi connectivity index (χ0) is 24.2. The van der Waals surface area contributed by atoms with Gasteiger partial charge < -0.3 is 28.7 Å². The molecular formula is C26H28N4O5. The van der Waals surface area contributed by atoms with E-state index in [1.807, 2.05) is 66.4 Å². The van der Waals surface area contributed by atoms with E-state index in [4.69, 9.17) is 18.9 Å². The van der Waals surface area contributed by atoms with Crippen molar-refractivity contribution in [1.29, 1.82) is 0 Å². The number of ether oxygens (including phenoxy) is 4. The van der Waals surface area contributed by atoms with Gasteiger partial charge in [0.2, 0.25) is 6.79 Å². The third-order valence-corrected chi connectivity index (χ3v) is 6.03. The largest absolute Gasteiger partial charge is 0.494 e. The molecule has 0 bridgehead atoms. The van der Waals surface area contributed by atoms with Crippen LogP contribution in [-0.2, 0) is 4.79 Å². The van der Waals surface area contributed by atoms with Gasteiger partial charge in [0, 0.05) is 31.7 Å². The van der Waals surface area contributed by atoms with Crippen LogP contribution < -0.4 is 23.8 Å². The summed E-state index contributed by atoms with van der Waals surface area (Å²) in [6.07, 6.45) is -0.569. The maximum atomic E-state index is 12.9. The van der Waals surface area contributed by atoms with Crippen LogP contribution in [0.25, 0.3) is 11.3 Å². The molecule has 1 atom stereocenters. The molecule has 3 heterocycles. The minimum absolute atomic E-state index is 0.0252. The topological polar surface area (TPSA) is 86.3 Å². The lowest BCUT2D eigenvalue weighted by Gasteiger charge is -2.36. The van der Waals surface area contributed by atoms with Crippen molar-refractivity contribution in [2.24, 2.45) is 0 Å². The summed E-state index contributed by atoms with van der Waals surface area (Å²) in [5.41, 5.74) is 1.69. The van der Waals surface area contributed by atoms with Crippen molar-refractivity contribution in [3.05, 3.63) is 54.6 Å². The Bertz CT molecular complexity index is 1160. The number of piperazine rings is 1. The third kappa shape index (κ3) is 5.08. The molecule has 2 aromatic carbocycles. The molecule has 9 nitrogen and oxygen atoms in total. The molecule has 9 heteroatoms. The molecule has 2 aliphatic rings. The highest BCUT2D eigenvalue weighted by molar-refractivity contribution is 5.81. The smallest absolute Gasteiger partial charge is 0.263 e. The van der Waals surface area contributed by atoms with E-state index in [9.17, 15) is 4.79 Å². The number of nitrogens with zero attached hydrogens (tertiary/aromatic N) is 4. The number of rotatable bonds is 7. The first-order valence-electron chi connectivity index (χ1n) is 11.8. The molecule has 1 unspecified atom stereocenters. The molecule has 0 radical (unpaired) electrons. The second-order valence-corrected chi connectivity index (χ2v) is 8.32. The molecule has 0 spiro atoms. The molecule has 0 N–H and O–H groups in total. The Kier molecular flexibility index (Phi) is 6.56. The molecule has 1 saturated heterocycles. The Hall–Kier alpha value is -4.01. The zero-order valence-electron chi connectivity index (χ0n) is 19.8. The number of hydrogen-bond donors (Lipinski definition) is 0. The summed E-state index contributed by atoms with van der Waals surface area (Å²) >= 11 is 0. The summed E-state index contributed by atoms with van der Waals surface area (Å²) in [7, 11) is 0. The first-order valence-corrected chi connectivity index (χ1v) is 11.8. The number of aromatic nitrogens is 2. The first-order chi connectivity index (χ1) is 17.1. The third-order valence-electron chi connectivity index (χ3n) is 6.03. The van der Waals surface area contributed by atoms with Crippen LogP contribution in [0.3, 0.4) is 0 Å². The number of benzene rings is 2. The Morgan fingerprint density at radius 1 is 0.943 bits per heavy atom. The van der Waals surface area contributed by atoms with Gasteiger partial charge in [0.15, 0.2) is 23.4 Å². The van der Waals surface area contributed by atoms with Crippen molar-refractivity contribution in [2.75, 3.05) is 44.5 Å². The fraction of sp³-hybridized carbons (Fsp3) is 0.346. The highest BCUT2D eigenvalue weighted by atomic mass is 16.7. The normalized spacial score (nSPS) is 15.6. The van der Waals surface area contributed by atoms with E-state index in [0.29, 0.717) is 38.5 Å². The van der Waals surface area contributed by atoms with Crippen molar-refractivity contribution in [1.82, 2.24) is 15.1 Å². The standard InChI is InChI=1S/C26H28N4O5/c1-3-32-20-5-7-21(8-6-20)35-18(2)26(31)30-14-12-29(13-15-30)25-11-9-22(27-28-25)19-4-10-23-24(16-19)34-17-33-23/h4-11,16,18H,3,12-15,17H2,1-2H3. The van der Waals surface area contributed by atoms with Gasteiger partial charge in [0.25, 0.3) is 5.91 Å². The van der Waals surface area contributed by atoms with Gasteiger partial charge in [-0.05, 0) is 68.4 Å². The van der Waals surface area contributed by atoms with E-state index in [0.717, 1.165) is 34.3 Å². The Balaban J connectivity index is 1.14. The second kappa shape index (κ2) is 10.1. The van der Waals surface area contributed by atoms with Crippen LogP contribution in [-0.4, -0.2) is 66.7 Å². The second-order valence-electron chi connectivity index (χ2n) is 8.32. The summed E-state index contributed by atoms with van der Waals surface area (Å²) in [4.78, 5) is 16.9. The van der Waals surface area contributed by atoms with Crippen LogP contribution in [0, 0.1) is 0 Å². The molecule has 35 heavy (non-hydrogen) atoms. The molecule has 0 saturated carbocycles. The van der Waals surface area contributed by atoms with Crippen molar-refractivity contribution >= 4 is 11.7 Å². The maximum absolute atomic E-state index is 12.9. The Morgan fingerprint density at radius 2 is 1.69 bits per heavy atom. The summed E-state index contributed by atoms with van der Waals surface area (Å²) in [5.74, 6) is 3.65. The molecule has 0 aliphatic carbocycles. The molecule has 182 valence electrons. The van der Waals surface area contributed by atoms with Gasteiger partial charge in [-0.25, -0.2) is 0 Å². The number of anilines is 1. The van der Waals surface area contributed by atoms with E-state index in [2.05, 4.69) is 15.1 Å². The molecule has 2 aliphatic heterocycles. The SMILES string of the molecule is CCOc1ccc(OC(C)C(=O)N2CCN(c3ccc(-c4ccc5c(c4)OCO5)nn3)CC2)cc1. The fourth-order valence-electron chi connectivity index (χ4n) is 4.15. The number of hydrogen-bond acceptors (Lipinski definition) is 8. The van der Waals surface area contributed by atoms with E-state index in [-0.39, 0.29) is 12.7 Å². The van der Waals surface area contributed by atoms with Crippen LogP contribution in [0.5, 0.6) is 23.0 Å². The molecule has 1 amide bonds. The monoisotopic (exact) mass is 476 g/mol. The molecule has 1 aromatic heterocycles. The van der Waals surface area contributed by atoms with E-state index in [1.165, 1.54) is 0 Å². The highest BCUT2D eigenvalue weighted by Gasteiger charge is 2.27. The number of carbonyl (C=O) groups is 1. The van der Waals surface area contributed by atoms with Gasteiger partial charge in [-0.1, -0.05) is 0 Å². The predicted molar refractivity (Wildman–Crippen MR) is 130 cm³/mol. The zero-order valence-corrected chi connectivity index (χ0v) is 19.8. The van der Waals surface area contributed by atoms with Crippen LogP contribution >= 0.6 is 0 Å². The van der Waals surface area contributed by atoms with Gasteiger partial charge in [-0.3, -0.25) is 4.79 Å². The minimum Gasteiger partial charge on any atom is -0.494 e. The Morgan fingerprint density at radius 3 is 2.40 bits per heavy atom. The van der Waals surface area contributed by atoms with Gasteiger partial charge in [-0.15, -0.1) is 10.2 Å². The highest BCUT2D eigenvalue weighted by Crippen LogP contribution is 2.35. The van der Waals surface area contributed by atoms with E-state index >= 15 is 0 Å². The number of fused-ring (bicyclic) bond motifs is 1. The van der Waals surface area contributed by atoms with Gasteiger partial charge in [0.05, 0.1) is 12.3 Å². The van der Waals surface area contributed by atoms with Crippen LogP contribution in [0.4, 0.5) is 5.82 Å². The van der Waals surface area contributed by atoms with E-state index < -0.39 is 6.10 Å². The lowest BCUT2D eigenvalue weighted by atomic mass is 10.1. The summed E-state index contributed by atoms with van der Waals surface area (Å²) < 4.78 is 22.1. The van der Waals surface area contributed by atoms with Crippen molar-refractivity contribution < 1.29 is 23.7 Å². The van der Waals surface area contributed by atoms with Crippen LogP contribution in [0.15, 0.2) is 54.6 Å². The fourth-order valence-corrected chi connectivity index (χ4v) is 4.15. The Labute approximate surface area is 204 Å². The minimum atomic E-state index is -0.569. The van der Waals surface area contributed by atoms with Crippen molar-refractivity contribution in [2.45, 2.75) is 20.0 Å². The number of carbonyl (C=O) groups excluding carboxylic acids is 1. The lowest BCUT2D eigenvalue weighted by molar-refractivity contribution is -0.138. The molecular weight excluding hydrogens is 448 g/mol. The summed E-state index contributed by atoms with van der Waals surface area (Å²) in [6.45, 7) is 7.13. The molecule has 1 fully saturated rings. The average molecular weight is 477 g/mol. The molecule has 5 rings (SSSR count). The maximum Gasteiger partial charge on any atom is 0.263 e. The lowest BCUT2D eigenvalue weighted by Crippen LogP contribution is -2.52. The van der Waals surface area contributed by atoms with Gasteiger partial charge >= 0.3 is 0 Å². The predicted octanol–water partition coefficient (Wildman–Crippen LogP) is 3.39. The van der Waals surface area contributed by atoms with Gasteiger partial charge in [0.1, 0.15) is 11.5 Å². The first kappa shape index (κ1) is 22.8. The quantitative estimate of drug-likeness (QED) is 0.513. The summed E-state index contributed by atoms with van der Waals surface area (Å²) in [6, 6.07) is 17.0. The number of amides is 1. The van der Waals surface area contributed by atoms with Crippen molar-refractivity contribution in [3.63, 3.8) is 0 Å². The summed E-state index contributed by atoms with van der Waals surface area (Å²) in [5, 5.41) is 8.82. The average Bonchev–Trinajstić information content (AvgIpc) is 3.38. The van der Waals surface area contributed by atoms with E-state index in [1.54, 1.807) is 6.92 Å². The van der Waals surface area contributed by atoms with Gasteiger partial charge in [-0.2, -0.15) is 0 Å². The molecule has 3 aromatic rings. The van der Waals surface area contributed by atoms with Crippen LogP contribution in [0.1, 0.15) is 13.8 Å². The van der Waals surface area contributed by atoms with Crippen LogP contribution in [0.2, 0.25) is 0 Å².